The molecule has 1 aromatic carbocycles. The van der Waals surface area contributed by atoms with Crippen molar-refractivity contribution in [2.75, 3.05) is 13.1 Å². The third-order valence-electron chi connectivity index (χ3n) is 3.38. The lowest BCUT2D eigenvalue weighted by Crippen LogP contribution is -2.45. The van der Waals surface area contributed by atoms with Crippen LogP contribution in [0, 0.1) is 5.92 Å². The van der Waals surface area contributed by atoms with Gasteiger partial charge in [0.15, 0.2) is 0 Å². The monoisotopic (exact) mass is 308 g/mol. The van der Waals surface area contributed by atoms with Crippen LogP contribution in [0.4, 0.5) is 0 Å². The molecule has 1 aliphatic heterocycles. The number of halogens is 3. The minimum Gasteiger partial charge on any atom is -0.327 e. The van der Waals surface area contributed by atoms with E-state index < -0.39 is 0 Å². The molecular weight excluding hydrogens is 291 g/mol. The van der Waals surface area contributed by atoms with Gasteiger partial charge in [-0.25, -0.2) is 0 Å². The molecule has 2 unspecified atom stereocenters. The van der Waals surface area contributed by atoms with Crippen LogP contribution in [-0.2, 0) is 6.54 Å². The van der Waals surface area contributed by atoms with Gasteiger partial charge in [-0.2, -0.15) is 0 Å². The van der Waals surface area contributed by atoms with Gasteiger partial charge in [0.25, 0.3) is 0 Å². The average Bonchev–Trinajstić information content (AvgIpc) is 2.22. The Hall–Kier alpha value is 0.01000. The van der Waals surface area contributed by atoms with E-state index in [1.165, 1.54) is 5.56 Å². The first-order chi connectivity index (χ1) is 8.04. The normalized spacial score (nSPS) is 24.7. The molecule has 102 valence electrons. The second-order valence-electron chi connectivity index (χ2n) is 4.94. The maximum Gasteiger partial charge on any atom is 0.0424 e. The molecule has 2 rings (SSSR count). The molecule has 1 saturated heterocycles. The number of rotatable bonds is 2. The van der Waals surface area contributed by atoms with E-state index in [0.717, 1.165) is 26.1 Å². The van der Waals surface area contributed by atoms with E-state index in [4.69, 9.17) is 28.9 Å². The molecule has 0 amide bonds. The molecule has 2 atom stereocenters. The van der Waals surface area contributed by atoms with Crippen molar-refractivity contribution in [3.63, 3.8) is 0 Å². The van der Waals surface area contributed by atoms with Crippen LogP contribution in [0.15, 0.2) is 18.2 Å². The van der Waals surface area contributed by atoms with E-state index >= 15 is 0 Å². The SMILES string of the molecule is CC1CN(Cc2cc(Cl)cc(Cl)c2)CCC1N.Cl. The molecule has 0 spiro atoms. The zero-order valence-corrected chi connectivity index (χ0v) is 12.7. The van der Waals surface area contributed by atoms with Crippen molar-refractivity contribution in [1.29, 1.82) is 0 Å². The molecule has 0 aliphatic carbocycles. The van der Waals surface area contributed by atoms with E-state index in [1.807, 2.05) is 12.1 Å². The summed E-state index contributed by atoms with van der Waals surface area (Å²) < 4.78 is 0. The summed E-state index contributed by atoms with van der Waals surface area (Å²) in [4.78, 5) is 2.41. The largest absolute Gasteiger partial charge is 0.327 e. The number of hydrogen-bond acceptors (Lipinski definition) is 2. The zero-order valence-electron chi connectivity index (χ0n) is 10.4. The van der Waals surface area contributed by atoms with Gasteiger partial charge < -0.3 is 5.73 Å². The van der Waals surface area contributed by atoms with Gasteiger partial charge in [-0.05, 0) is 42.6 Å². The van der Waals surface area contributed by atoms with Gasteiger partial charge in [0, 0.05) is 29.2 Å². The summed E-state index contributed by atoms with van der Waals surface area (Å²) in [6.07, 6.45) is 1.06. The van der Waals surface area contributed by atoms with Gasteiger partial charge in [0.2, 0.25) is 0 Å². The lowest BCUT2D eigenvalue weighted by atomic mass is 9.94. The van der Waals surface area contributed by atoms with Crippen molar-refractivity contribution in [3.8, 4) is 0 Å². The molecule has 1 fully saturated rings. The van der Waals surface area contributed by atoms with Crippen LogP contribution in [-0.4, -0.2) is 24.0 Å². The van der Waals surface area contributed by atoms with Crippen LogP contribution in [0.1, 0.15) is 18.9 Å². The fourth-order valence-corrected chi connectivity index (χ4v) is 2.93. The van der Waals surface area contributed by atoms with Crippen molar-refractivity contribution in [2.45, 2.75) is 25.9 Å². The first-order valence-corrected chi connectivity index (χ1v) is 6.73. The molecule has 0 saturated carbocycles. The van der Waals surface area contributed by atoms with E-state index in [9.17, 15) is 0 Å². The average molecular weight is 310 g/mol. The molecular formula is C13H19Cl3N2. The molecule has 1 heterocycles. The summed E-state index contributed by atoms with van der Waals surface area (Å²) >= 11 is 12.0. The second kappa shape index (κ2) is 6.97. The summed E-state index contributed by atoms with van der Waals surface area (Å²) in [5.41, 5.74) is 7.18. The minimum atomic E-state index is 0. The van der Waals surface area contributed by atoms with E-state index in [2.05, 4.69) is 11.8 Å². The Bertz CT molecular complexity index is 378. The fraction of sp³-hybridized carbons (Fsp3) is 0.538. The van der Waals surface area contributed by atoms with Crippen molar-refractivity contribution in [1.82, 2.24) is 4.90 Å². The summed E-state index contributed by atoms with van der Waals surface area (Å²) in [7, 11) is 0. The number of likely N-dealkylation sites (tertiary alicyclic amines) is 1. The Morgan fingerprint density at radius 3 is 2.44 bits per heavy atom. The zero-order chi connectivity index (χ0) is 12.4. The number of benzene rings is 1. The van der Waals surface area contributed by atoms with Crippen molar-refractivity contribution in [3.05, 3.63) is 33.8 Å². The number of nitrogens with zero attached hydrogens (tertiary/aromatic N) is 1. The maximum absolute atomic E-state index is 6.01. The van der Waals surface area contributed by atoms with E-state index in [-0.39, 0.29) is 12.4 Å². The molecule has 2 N–H and O–H groups in total. The van der Waals surface area contributed by atoms with Crippen LogP contribution < -0.4 is 5.73 Å². The van der Waals surface area contributed by atoms with Gasteiger partial charge in [-0.1, -0.05) is 30.1 Å². The molecule has 5 heteroatoms. The van der Waals surface area contributed by atoms with E-state index in [0.29, 0.717) is 22.0 Å². The third kappa shape index (κ3) is 4.29. The van der Waals surface area contributed by atoms with Gasteiger partial charge in [-0.3, -0.25) is 4.90 Å². The highest BCUT2D eigenvalue weighted by atomic mass is 35.5. The van der Waals surface area contributed by atoms with Gasteiger partial charge in [0.05, 0.1) is 0 Å². The Morgan fingerprint density at radius 1 is 1.28 bits per heavy atom. The predicted octanol–water partition coefficient (Wildman–Crippen LogP) is 3.58. The molecule has 1 aromatic rings. The number of nitrogens with two attached hydrogens (primary N) is 1. The van der Waals surface area contributed by atoms with Crippen LogP contribution in [0.2, 0.25) is 10.0 Å². The second-order valence-corrected chi connectivity index (χ2v) is 5.82. The highest BCUT2D eigenvalue weighted by molar-refractivity contribution is 6.34. The van der Waals surface area contributed by atoms with Gasteiger partial charge in [0.1, 0.15) is 0 Å². The number of piperidine rings is 1. The Morgan fingerprint density at radius 2 is 1.89 bits per heavy atom. The lowest BCUT2D eigenvalue weighted by molar-refractivity contribution is 0.158. The molecule has 0 radical (unpaired) electrons. The first-order valence-electron chi connectivity index (χ1n) is 5.97. The molecule has 0 bridgehead atoms. The summed E-state index contributed by atoms with van der Waals surface area (Å²) in [5.74, 6) is 0.554. The highest BCUT2D eigenvalue weighted by Crippen LogP contribution is 2.22. The third-order valence-corrected chi connectivity index (χ3v) is 3.82. The summed E-state index contributed by atoms with van der Waals surface area (Å²) in [5, 5.41) is 1.41. The molecule has 0 aromatic heterocycles. The van der Waals surface area contributed by atoms with Gasteiger partial charge in [-0.15, -0.1) is 12.4 Å². The standard InChI is InChI=1S/C13H18Cl2N2.ClH/c1-9-7-17(3-2-13(9)16)8-10-4-11(14)6-12(15)5-10;/h4-6,9,13H,2-3,7-8,16H2,1H3;1H. The van der Waals surface area contributed by atoms with Crippen molar-refractivity contribution >= 4 is 35.6 Å². The Balaban J connectivity index is 0.00000162. The predicted molar refractivity (Wildman–Crippen MR) is 80.7 cm³/mol. The number of hydrogen-bond donors (Lipinski definition) is 1. The summed E-state index contributed by atoms with van der Waals surface area (Å²) in [6, 6.07) is 6.06. The van der Waals surface area contributed by atoms with Crippen LogP contribution in [0.5, 0.6) is 0 Å². The highest BCUT2D eigenvalue weighted by Gasteiger charge is 2.22. The van der Waals surface area contributed by atoms with Crippen LogP contribution in [0.3, 0.4) is 0 Å². The molecule has 18 heavy (non-hydrogen) atoms. The summed E-state index contributed by atoms with van der Waals surface area (Å²) in [6.45, 7) is 5.21. The molecule has 1 aliphatic rings. The van der Waals surface area contributed by atoms with Crippen LogP contribution >= 0.6 is 35.6 Å². The van der Waals surface area contributed by atoms with Crippen molar-refractivity contribution < 1.29 is 0 Å². The Kier molecular flexibility index (Phi) is 6.22. The maximum atomic E-state index is 6.01. The Labute approximate surface area is 125 Å². The molecule has 2 nitrogen and oxygen atoms in total. The van der Waals surface area contributed by atoms with Crippen LogP contribution in [0.25, 0.3) is 0 Å². The first kappa shape index (κ1) is 16.1. The quantitative estimate of drug-likeness (QED) is 0.904. The van der Waals surface area contributed by atoms with Crippen molar-refractivity contribution in [2.24, 2.45) is 11.7 Å². The minimum absolute atomic E-state index is 0. The fourth-order valence-electron chi connectivity index (χ4n) is 2.35. The van der Waals surface area contributed by atoms with Gasteiger partial charge >= 0.3 is 0 Å². The smallest absolute Gasteiger partial charge is 0.0424 e. The topological polar surface area (TPSA) is 29.3 Å². The lowest BCUT2D eigenvalue weighted by Gasteiger charge is -2.35. The van der Waals surface area contributed by atoms with E-state index in [1.54, 1.807) is 6.07 Å².